The molecule has 0 aliphatic carbocycles. The molecule has 0 heterocycles. The number of ether oxygens (including phenoxy) is 1. The molecule has 26 heavy (non-hydrogen) atoms. The van der Waals surface area contributed by atoms with Crippen molar-refractivity contribution in [2.45, 2.75) is 11.5 Å². The summed E-state index contributed by atoms with van der Waals surface area (Å²) in [6, 6.07) is 8.93. The molecule has 138 valence electrons. The molecule has 0 saturated heterocycles. The Balaban J connectivity index is 1.90. The lowest BCUT2D eigenvalue weighted by molar-refractivity contribution is -0.384. The molecule has 0 amide bonds. The summed E-state index contributed by atoms with van der Waals surface area (Å²) >= 11 is 11.6. The number of nitro groups is 1. The van der Waals surface area contributed by atoms with Crippen molar-refractivity contribution in [2.24, 2.45) is 0 Å². The molecule has 0 bridgehead atoms. The highest BCUT2D eigenvalue weighted by molar-refractivity contribution is 7.89. The fourth-order valence-electron chi connectivity index (χ4n) is 1.83. The maximum atomic E-state index is 12.1. The van der Waals surface area contributed by atoms with E-state index < -0.39 is 27.5 Å². The molecule has 0 spiro atoms. The van der Waals surface area contributed by atoms with Crippen molar-refractivity contribution in [3.8, 4) is 0 Å². The van der Waals surface area contributed by atoms with Crippen LogP contribution < -0.4 is 4.72 Å². The third kappa shape index (κ3) is 5.40. The first kappa shape index (κ1) is 20.1. The van der Waals surface area contributed by atoms with Crippen LogP contribution in [0.1, 0.15) is 5.56 Å². The third-order valence-electron chi connectivity index (χ3n) is 3.15. The van der Waals surface area contributed by atoms with E-state index >= 15 is 0 Å². The van der Waals surface area contributed by atoms with Crippen molar-refractivity contribution in [1.82, 2.24) is 4.72 Å². The number of hydrogen-bond acceptors (Lipinski definition) is 6. The van der Waals surface area contributed by atoms with Gasteiger partial charge in [0.2, 0.25) is 10.0 Å². The van der Waals surface area contributed by atoms with Crippen LogP contribution in [-0.4, -0.2) is 25.9 Å². The van der Waals surface area contributed by atoms with Crippen LogP contribution in [0.15, 0.2) is 47.4 Å². The average Bonchev–Trinajstić information content (AvgIpc) is 2.61. The number of rotatable bonds is 7. The zero-order valence-corrected chi connectivity index (χ0v) is 15.3. The Kier molecular flexibility index (Phi) is 6.54. The monoisotopic (exact) mass is 418 g/mol. The minimum absolute atomic E-state index is 0.102. The summed E-state index contributed by atoms with van der Waals surface area (Å²) in [6.07, 6.45) is 0. The first-order valence-electron chi connectivity index (χ1n) is 7.03. The molecule has 0 aliphatic rings. The Bertz CT molecular complexity index is 932. The average molecular weight is 419 g/mol. The predicted octanol–water partition coefficient (Wildman–Crippen LogP) is 2.92. The van der Waals surface area contributed by atoms with Gasteiger partial charge in [-0.3, -0.25) is 14.9 Å². The Morgan fingerprint density at radius 3 is 2.35 bits per heavy atom. The second-order valence-electron chi connectivity index (χ2n) is 4.98. The summed E-state index contributed by atoms with van der Waals surface area (Å²) in [7, 11) is -4.01. The Labute approximate surface area is 158 Å². The summed E-state index contributed by atoms with van der Waals surface area (Å²) in [5.41, 5.74) is 0.343. The predicted molar refractivity (Wildman–Crippen MR) is 94.5 cm³/mol. The van der Waals surface area contributed by atoms with Crippen LogP contribution in [0, 0.1) is 10.1 Å². The third-order valence-corrected chi connectivity index (χ3v) is 5.30. The van der Waals surface area contributed by atoms with Crippen LogP contribution >= 0.6 is 23.2 Å². The SMILES string of the molecule is O=C(CNS(=O)(=O)c1ccc([N+](=O)[O-])cc1)OCc1ccc(Cl)c(Cl)c1. The number of nitro benzene ring substituents is 1. The van der Waals surface area contributed by atoms with Crippen molar-refractivity contribution in [2.75, 3.05) is 6.54 Å². The quantitative estimate of drug-likeness (QED) is 0.419. The lowest BCUT2D eigenvalue weighted by Gasteiger charge is -2.08. The van der Waals surface area contributed by atoms with E-state index in [2.05, 4.69) is 4.72 Å². The molecule has 0 radical (unpaired) electrons. The minimum Gasteiger partial charge on any atom is -0.460 e. The Morgan fingerprint density at radius 1 is 1.12 bits per heavy atom. The highest BCUT2D eigenvalue weighted by atomic mass is 35.5. The van der Waals surface area contributed by atoms with E-state index in [9.17, 15) is 23.3 Å². The van der Waals surface area contributed by atoms with E-state index in [0.29, 0.717) is 15.6 Å². The zero-order chi connectivity index (χ0) is 19.3. The van der Waals surface area contributed by atoms with Gasteiger partial charge in [0, 0.05) is 12.1 Å². The number of benzene rings is 2. The van der Waals surface area contributed by atoms with Crippen LogP contribution in [0.4, 0.5) is 5.69 Å². The largest absolute Gasteiger partial charge is 0.460 e. The molecule has 2 aromatic carbocycles. The van der Waals surface area contributed by atoms with Crippen molar-refractivity contribution < 1.29 is 22.9 Å². The number of sulfonamides is 1. The molecule has 8 nitrogen and oxygen atoms in total. The summed E-state index contributed by atoms with van der Waals surface area (Å²) in [5.74, 6) is -0.804. The van der Waals surface area contributed by atoms with Crippen molar-refractivity contribution in [3.63, 3.8) is 0 Å². The summed E-state index contributed by atoms with van der Waals surface area (Å²) in [6.45, 7) is -0.699. The first-order valence-corrected chi connectivity index (χ1v) is 9.26. The van der Waals surface area contributed by atoms with Crippen LogP contribution in [-0.2, 0) is 26.2 Å². The topological polar surface area (TPSA) is 116 Å². The molecule has 2 aromatic rings. The molecule has 0 aliphatic heterocycles. The maximum Gasteiger partial charge on any atom is 0.321 e. The van der Waals surface area contributed by atoms with E-state index in [4.69, 9.17) is 27.9 Å². The van der Waals surface area contributed by atoms with Crippen molar-refractivity contribution >= 4 is 44.9 Å². The number of esters is 1. The lowest BCUT2D eigenvalue weighted by atomic mass is 10.2. The molecule has 1 N–H and O–H groups in total. The molecule has 0 atom stereocenters. The van der Waals surface area contributed by atoms with E-state index in [-0.39, 0.29) is 17.2 Å². The molecular formula is C15H12Cl2N2O6S. The second kappa shape index (κ2) is 8.45. The van der Waals surface area contributed by atoms with Crippen LogP contribution in [0.3, 0.4) is 0 Å². The van der Waals surface area contributed by atoms with E-state index in [1.807, 2.05) is 0 Å². The van der Waals surface area contributed by atoms with Gasteiger partial charge in [0.05, 0.1) is 19.9 Å². The number of hydrogen-bond donors (Lipinski definition) is 1. The van der Waals surface area contributed by atoms with Crippen LogP contribution in [0.5, 0.6) is 0 Å². The summed E-state index contributed by atoms with van der Waals surface area (Å²) in [4.78, 5) is 21.4. The smallest absolute Gasteiger partial charge is 0.321 e. The molecule has 11 heteroatoms. The second-order valence-corrected chi connectivity index (χ2v) is 7.57. The van der Waals surface area contributed by atoms with Crippen molar-refractivity contribution in [1.29, 1.82) is 0 Å². The van der Waals surface area contributed by atoms with Crippen LogP contribution in [0.2, 0.25) is 10.0 Å². The van der Waals surface area contributed by atoms with Gasteiger partial charge in [-0.15, -0.1) is 0 Å². The van der Waals surface area contributed by atoms with Crippen molar-refractivity contribution in [3.05, 3.63) is 68.2 Å². The number of carbonyl (C=O) groups excluding carboxylic acids is 1. The normalized spacial score (nSPS) is 11.2. The molecule has 0 saturated carbocycles. The van der Waals surface area contributed by atoms with Gasteiger partial charge in [0.25, 0.3) is 5.69 Å². The number of nitrogens with zero attached hydrogens (tertiary/aromatic N) is 1. The molecule has 0 fully saturated rings. The standard InChI is InChI=1S/C15H12Cl2N2O6S/c16-13-6-1-10(7-14(13)17)9-25-15(20)8-18-26(23,24)12-4-2-11(3-5-12)19(21)22/h1-7,18H,8-9H2. The number of halogens is 2. The first-order chi connectivity index (χ1) is 12.2. The zero-order valence-electron chi connectivity index (χ0n) is 13.0. The maximum absolute atomic E-state index is 12.1. The van der Waals surface area contributed by atoms with Gasteiger partial charge in [-0.1, -0.05) is 29.3 Å². The van der Waals surface area contributed by atoms with Gasteiger partial charge >= 0.3 is 5.97 Å². The highest BCUT2D eigenvalue weighted by Crippen LogP contribution is 2.22. The molecule has 0 aromatic heterocycles. The molecular weight excluding hydrogens is 407 g/mol. The Hall–Kier alpha value is -2.20. The molecule has 0 unspecified atom stereocenters. The molecule has 2 rings (SSSR count). The van der Waals surface area contributed by atoms with Gasteiger partial charge < -0.3 is 4.74 Å². The Morgan fingerprint density at radius 2 is 1.77 bits per heavy atom. The number of non-ortho nitro benzene ring substituents is 1. The summed E-state index contributed by atoms with van der Waals surface area (Å²) in [5, 5.41) is 11.2. The number of nitrogens with one attached hydrogen (secondary N) is 1. The van der Waals surface area contributed by atoms with Gasteiger partial charge in [0.1, 0.15) is 13.2 Å². The van der Waals surface area contributed by atoms with Crippen LogP contribution in [0.25, 0.3) is 0 Å². The van der Waals surface area contributed by atoms with E-state index in [1.165, 1.54) is 6.07 Å². The summed E-state index contributed by atoms with van der Waals surface area (Å²) < 4.78 is 31.1. The fraction of sp³-hybridized carbons (Fsp3) is 0.133. The van der Waals surface area contributed by atoms with Gasteiger partial charge in [-0.25, -0.2) is 8.42 Å². The van der Waals surface area contributed by atoms with E-state index in [1.54, 1.807) is 12.1 Å². The van der Waals surface area contributed by atoms with Gasteiger partial charge in [-0.2, -0.15) is 4.72 Å². The minimum atomic E-state index is -4.01. The highest BCUT2D eigenvalue weighted by Gasteiger charge is 2.17. The van der Waals surface area contributed by atoms with Gasteiger partial charge in [0.15, 0.2) is 0 Å². The number of carbonyl (C=O) groups is 1. The van der Waals surface area contributed by atoms with E-state index in [0.717, 1.165) is 24.3 Å². The lowest BCUT2D eigenvalue weighted by Crippen LogP contribution is -2.30. The fourth-order valence-corrected chi connectivity index (χ4v) is 3.12. The van der Waals surface area contributed by atoms with Gasteiger partial charge in [-0.05, 0) is 29.8 Å².